The van der Waals surface area contributed by atoms with Gasteiger partial charge in [0.2, 0.25) is 0 Å². The quantitative estimate of drug-likeness (QED) is 0.340. The minimum Gasteiger partial charge on any atom is -0.490 e. The van der Waals surface area contributed by atoms with Crippen molar-refractivity contribution in [2.24, 2.45) is 5.92 Å². The molecule has 0 fully saturated rings. The maximum absolute atomic E-state index is 14.3. The van der Waals surface area contributed by atoms with Crippen molar-refractivity contribution < 1.29 is 33.5 Å². The van der Waals surface area contributed by atoms with E-state index in [4.69, 9.17) is 14.0 Å². The van der Waals surface area contributed by atoms with Crippen molar-refractivity contribution in [2.45, 2.75) is 92.0 Å². The summed E-state index contributed by atoms with van der Waals surface area (Å²) >= 11 is 0. The molecule has 13 nitrogen and oxygen atoms in total. The first kappa shape index (κ1) is 35.6. The van der Waals surface area contributed by atoms with Crippen LogP contribution >= 0.6 is 0 Å². The summed E-state index contributed by atoms with van der Waals surface area (Å²) < 4.78 is 17.7. The Labute approximate surface area is 266 Å². The highest BCUT2D eigenvalue weighted by atomic mass is 16.5. The Hall–Kier alpha value is -3.84. The monoisotopic (exact) mass is 630 g/mol. The van der Waals surface area contributed by atoms with Crippen LogP contribution in [0.15, 0.2) is 22.7 Å². The topological polar surface area (TPSA) is 158 Å². The van der Waals surface area contributed by atoms with E-state index in [-0.39, 0.29) is 54.8 Å². The molecule has 3 rings (SSSR count). The second-order valence-electron chi connectivity index (χ2n) is 12.3. The summed E-state index contributed by atoms with van der Waals surface area (Å²) in [6, 6.07) is 3.69. The Morgan fingerprint density at radius 2 is 1.89 bits per heavy atom. The van der Waals surface area contributed by atoms with Crippen LogP contribution in [0.2, 0.25) is 0 Å². The number of carbonyl (C=O) groups is 3. The molecule has 4 atom stereocenters. The molecule has 0 saturated heterocycles. The van der Waals surface area contributed by atoms with Crippen LogP contribution in [0.3, 0.4) is 0 Å². The van der Waals surface area contributed by atoms with Gasteiger partial charge in [-0.2, -0.15) is 0 Å². The van der Waals surface area contributed by atoms with Crippen molar-refractivity contribution >= 4 is 29.3 Å². The molecule has 250 valence electrons. The van der Waals surface area contributed by atoms with E-state index in [1.165, 1.54) is 0 Å². The molecule has 5 amide bonds. The number of nitrogens with one attached hydrogen (secondary N) is 3. The highest BCUT2D eigenvalue weighted by Crippen LogP contribution is 2.29. The molecule has 0 unspecified atom stereocenters. The van der Waals surface area contributed by atoms with Gasteiger partial charge in [0.05, 0.1) is 30.4 Å². The number of urea groups is 2. The lowest BCUT2D eigenvalue weighted by Gasteiger charge is -2.36. The predicted molar refractivity (Wildman–Crippen MR) is 172 cm³/mol. The molecule has 1 aromatic heterocycles. The zero-order valence-corrected chi connectivity index (χ0v) is 27.8. The van der Waals surface area contributed by atoms with Crippen molar-refractivity contribution in [1.82, 2.24) is 20.3 Å². The van der Waals surface area contributed by atoms with Gasteiger partial charge in [0, 0.05) is 44.4 Å². The average molecular weight is 631 g/mol. The number of aryl methyl sites for hydroxylation is 2. The van der Waals surface area contributed by atoms with Gasteiger partial charge >= 0.3 is 12.1 Å². The molecular weight excluding hydrogens is 580 g/mol. The zero-order chi connectivity index (χ0) is 33.3. The number of amides is 5. The number of hydrogen-bond donors (Lipinski definition) is 4. The Bertz CT molecular complexity index is 1280. The smallest absolute Gasteiger partial charge is 0.323 e. The number of nitrogens with zero attached hydrogens (tertiary/aromatic N) is 3. The van der Waals surface area contributed by atoms with Crippen LogP contribution < -0.4 is 20.7 Å². The number of aromatic nitrogens is 1. The number of carbonyl (C=O) groups excluding carboxylic acids is 3. The molecule has 0 saturated carbocycles. The molecule has 4 N–H and O–H groups in total. The number of benzene rings is 1. The van der Waals surface area contributed by atoms with Gasteiger partial charge in [0.1, 0.15) is 17.1 Å². The Balaban J connectivity index is 1.93. The number of hydrogen-bond acceptors (Lipinski definition) is 8. The maximum atomic E-state index is 14.3. The Kier molecular flexibility index (Phi) is 13.0. The molecule has 0 spiro atoms. The lowest BCUT2D eigenvalue weighted by molar-refractivity contribution is -0.0122. The third-order valence-corrected chi connectivity index (χ3v) is 7.79. The minimum atomic E-state index is -0.528. The van der Waals surface area contributed by atoms with Gasteiger partial charge in [-0.15, -0.1) is 0 Å². The fraction of sp³-hybridized carbons (Fsp3) is 0.625. The SMILES string of the molecule is Cc1noc(C)c1NC(=O)Nc1ccc2c(c1)C(=O)N([C@@H](C)CO)C[C@@H](C)[C@@H](CN(C)C(=O)NC(C)C)OCCCC[C@@H](C)O2. The van der Waals surface area contributed by atoms with Crippen LogP contribution in [0.25, 0.3) is 0 Å². The molecule has 1 aromatic carbocycles. The van der Waals surface area contributed by atoms with E-state index in [9.17, 15) is 19.5 Å². The number of aliphatic hydroxyl groups is 1. The van der Waals surface area contributed by atoms with Crippen LogP contribution in [0.1, 0.15) is 75.7 Å². The van der Waals surface area contributed by atoms with Crippen LogP contribution in [0.5, 0.6) is 5.75 Å². The molecule has 1 aliphatic heterocycles. The van der Waals surface area contributed by atoms with E-state index in [1.807, 2.05) is 27.7 Å². The fourth-order valence-corrected chi connectivity index (χ4v) is 5.11. The van der Waals surface area contributed by atoms with Gasteiger partial charge in [-0.05, 0) is 79.0 Å². The van der Waals surface area contributed by atoms with E-state index in [0.717, 1.165) is 19.3 Å². The number of aliphatic hydroxyl groups excluding tert-OH is 1. The van der Waals surface area contributed by atoms with Crippen molar-refractivity contribution in [3.63, 3.8) is 0 Å². The van der Waals surface area contributed by atoms with Crippen molar-refractivity contribution in [3.8, 4) is 5.75 Å². The standard InChI is InChI=1S/C32H50N6O7/c1-19(2)33-32(42)37(8)17-28-20(3)16-38(21(4)18-39)30(40)26-15-25(34-31(41)35-29-23(6)36-45-24(29)7)12-13-27(26)44-22(5)11-9-10-14-43-28/h12-13,15,19-22,28,39H,9-11,14,16-18H2,1-8H3,(H,33,42)(H2,34,35,41)/t20-,21+,22-,28-/m1/s1. The molecule has 2 heterocycles. The molecule has 0 aliphatic carbocycles. The van der Waals surface area contributed by atoms with Gasteiger partial charge in [-0.3, -0.25) is 4.79 Å². The van der Waals surface area contributed by atoms with Crippen LogP contribution in [-0.2, 0) is 4.74 Å². The summed E-state index contributed by atoms with van der Waals surface area (Å²) in [4.78, 5) is 43.0. The van der Waals surface area contributed by atoms with Crippen LogP contribution in [0.4, 0.5) is 21.0 Å². The van der Waals surface area contributed by atoms with Gasteiger partial charge in [0.15, 0.2) is 5.76 Å². The Morgan fingerprint density at radius 1 is 1.16 bits per heavy atom. The molecule has 45 heavy (non-hydrogen) atoms. The minimum absolute atomic E-state index is 0.00794. The first-order chi connectivity index (χ1) is 21.3. The highest BCUT2D eigenvalue weighted by Gasteiger charge is 2.31. The number of likely N-dealkylation sites (N-methyl/N-ethyl adjacent to an activating group) is 1. The van der Waals surface area contributed by atoms with Crippen molar-refractivity contribution in [2.75, 3.05) is 44.0 Å². The van der Waals surface area contributed by atoms with Crippen LogP contribution in [0, 0.1) is 19.8 Å². The number of rotatable bonds is 7. The summed E-state index contributed by atoms with van der Waals surface area (Å²) in [6.45, 7) is 13.8. The molecule has 1 aliphatic rings. The lowest BCUT2D eigenvalue weighted by Crippen LogP contribution is -2.49. The maximum Gasteiger partial charge on any atom is 0.323 e. The molecule has 13 heteroatoms. The zero-order valence-electron chi connectivity index (χ0n) is 27.8. The third-order valence-electron chi connectivity index (χ3n) is 7.79. The van der Waals surface area contributed by atoms with Crippen molar-refractivity contribution in [1.29, 1.82) is 0 Å². The number of anilines is 2. The lowest BCUT2D eigenvalue weighted by atomic mass is 10.0. The molecule has 0 radical (unpaired) electrons. The Morgan fingerprint density at radius 3 is 2.53 bits per heavy atom. The fourth-order valence-electron chi connectivity index (χ4n) is 5.11. The molecular formula is C32H50N6O7. The van der Waals surface area contributed by atoms with E-state index in [2.05, 4.69) is 21.1 Å². The average Bonchev–Trinajstić information content (AvgIpc) is 3.30. The first-order valence-corrected chi connectivity index (χ1v) is 15.7. The summed E-state index contributed by atoms with van der Waals surface area (Å²) in [5.41, 5.74) is 1.65. The van der Waals surface area contributed by atoms with E-state index in [1.54, 1.807) is 55.8 Å². The second kappa shape index (κ2) is 16.5. The normalized spacial score (nSPS) is 20.4. The summed E-state index contributed by atoms with van der Waals surface area (Å²) in [5.74, 6) is 0.316. The van der Waals surface area contributed by atoms with Crippen molar-refractivity contribution in [3.05, 3.63) is 35.2 Å². The van der Waals surface area contributed by atoms with Gasteiger partial charge in [0.25, 0.3) is 5.91 Å². The second-order valence-corrected chi connectivity index (χ2v) is 12.3. The van der Waals surface area contributed by atoms with Gasteiger partial charge in [-0.25, -0.2) is 9.59 Å². The van der Waals surface area contributed by atoms with Gasteiger partial charge < -0.3 is 44.9 Å². The predicted octanol–water partition coefficient (Wildman–Crippen LogP) is 4.78. The highest BCUT2D eigenvalue weighted by molar-refractivity contribution is 6.03. The van der Waals surface area contributed by atoms with E-state index in [0.29, 0.717) is 41.7 Å². The van der Waals surface area contributed by atoms with Crippen LogP contribution in [-0.4, -0.2) is 95.7 Å². The van der Waals surface area contributed by atoms with E-state index < -0.39 is 12.1 Å². The number of fused-ring (bicyclic) bond motifs is 1. The molecule has 2 aromatic rings. The summed E-state index contributed by atoms with van der Waals surface area (Å²) in [5, 5.41) is 22.5. The number of ether oxygens (including phenoxy) is 2. The summed E-state index contributed by atoms with van der Waals surface area (Å²) in [7, 11) is 1.73. The summed E-state index contributed by atoms with van der Waals surface area (Å²) in [6.07, 6.45) is 1.86. The largest absolute Gasteiger partial charge is 0.490 e. The first-order valence-electron chi connectivity index (χ1n) is 15.7. The van der Waals surface area contributed by atoms with E-state index >= 15 is 0 Å². The third kappa shape index (κ3) is 10.1. The van der Waals surface area contributed by atoms with Gasteiger partial charge in [-0.1, -0.05) is 12.1 Å². The molecule has 0 bridgehead atoms.